The van der Waals surface area contributed by atoms with E-state index in [1.807, 2.05) is 0 Å². The van der Waals surface area contributed by atoms with Crippen molar-refractivity contribution in [3.05, 3.63) is 233 Å². The summed E-state index contributed by atoms with van der Waals surface area (Å²) in [5, 5.41) is -0.214. The molecule has 0 fully saturated rings. The number of hydrogen-bond acceptors (Lipinski definition) is 10. The molecule has 12 nitrogen and oxygen atoms in total. The zero-order valence-corrected chi connectivity index (χ0v) is 54.6. The summed E-state index contributed by atoms with van der Waals surface area (Å²) < 4.78 is 287. The number of carbonyl (C=O) groups is 2. The topological polar surface area (TPSA) is 117 Å². The molecule has 2 aliphatic rings. The quantitative estimate of drug-likeness (QED) is 0.0295. The Balaban J connectivity index is 0.000000265. The minimum absolute atomic E-state index is 0.0162. The summed E-state index contributed by atoms with van der Waals surface area (Å²) in [6.45, 7) is -7.14. The van der Waals surface area contributed by atoms with E-state index in [2.05, 4.69) is 9.97 Å². The van der Waals surface area contributed by atoms with Gasteiger partial charge in [-0.15, -0.1) is 0 Å². The number of hydrogen-bond donors (Lipinski definition) is 0. The third-order valence-corrected chi connectivity index (χ3v) is 17.4. The second-order valence-electron chi connectivity index (χ2n) is 21.9. The fourth-order valence-electron chi connectivity index (χ4n) is 10.0. The Bertz CT molecular complexity index is 5100. The first-order valence-electron chi connectivity index (χ1n) is 40.4. The first kappa shape index (κ1) is 49.6. The fraction of sp³-hybridized carbons (Fsp3) is 0.378. The number of aromatic nitrogens is 4. The van der Waals surface area contributed by atoms with Crippen LogP contribution < -0.4 is 11.1 Å². The molecule has 22 heteroatoms. The van der Waals surface area contributed by atoms with Gasteiger partial charge in [0.15, 0.2) is 10.3 Å². The standard InChI is InChI=1S/2C37H40F4N4O2S/c1-4-43(5-2)18-19-44(22-26-6-10-28(11-7-26)29-12-14-30(15-13-29)37(39,40)41)34(46)23-45-33-21-25(3)20-32(33)35(47)42-36(45)48-24-27-8-16-31(38)17-9-27;1-4-43(5-2)19-20-44(22-26-9-13-28(14-10-26)29-15-18-32(25(3)21-29)37(39,40)41)34(46)23-45-33-8-6-7-31(33)35(47)42-36(45)48-24-27-11-16-30(38)17-12-27/h6-17,25H,4-5,18-24H2,1-3H3;9-18,21H,4-8,19-20,22-24H2,1-3H3/i18D2,19D2,20D2,21D2,25D;9D,10D,13D,14D,15D,18D,19D2,20D2,21D. The van der Waals surface area contributed by atoms with Crippen molar-refractivity contribution in [2.75, 3.05) is 52.2 Å². The lowest BCUT2D eigenvalue weighted by Crippen LogP contribution is -2.40. The van der Waals surface area contributed by atoms with Crippen molar-refractivity contribution in [3.8, 4) is 22.3 Å². The van der Waals surface area contributed by atoms with E-state index >= 15 is 0 Å². The zero-order valence-electron chi connectivity index (χ0n) is 73.0. The predicted octanol–water partition coefficient (Wildman–Crippen LogP) is 15.0. The lowest BCUT2D eigenvalue weighted by molar-refractivity contribution is -0.138. The van der Waals surface area contributed by atoms with Crippen LogP contribution in [0.15, 0.2) is 159 Å². The number of alkyl halides is 6. The molecule has 1 unspecified atom stereocenters. The van der Waals surface area contributed by atoms with Gasteiger partial charge in [-0.25, -0.2) is 8.78 Å². The molecule has 2 aliphatic carbocycles. The Morgan fingerprint density at radius 2 is 1.03 bits per heavy atom. The highest BCUT2D eigenvalue weighted by Gasteiger charge is 2.34. The van der Waals surface area contributed by atoms with Crippen molar-refractivity contribution in [2.45, 2.75) is 134 Å². The number of thioether (sulfide) groups is 2. The lowest BCUT2D eigenvalue weighted by Gasteiger charge is -2.28. The van der Waals surface area contributed by atoms with Crippen molar-refractivity contribution in [1.29, 1.82) is 0 Å². The van der Waals surface area contributed by atoms with Gasteiger partial charge < -0.3 is 28.7 Å². The summed E-state index contributed by atoms with van der Waals surface area (Å²) in [4.78, 5) is 67.4. The van der Waals surface area contributed by atoms with Crippen LogP contribution >= 0.6 is 23.5 Å². The minimum atomic E-state index is -5.12. The van der Waals surface area contributed by atoms with Gasteiger partial charge in [-0.1, -0.05) is 155 Å². The Morgan fingerprint density at radius 1 is 0.573 bits per heavy atom. The Morgan fingerprint density at radius 3 is 1.52 bits per heavy atom. The van der Waals surface area contributed by atoms with E-state index in [0.717, 1.165) is 59.0 Å². The van der Waals surface area contributed by atoms with Crippen LogP contribution in [0.2, 0.25) is 0 Å². The van der Waals surface area contributed by atoms with Gasteiger partial charge in [-0.05, 0) is 164 Å². The summed E-state index contributed by atoms with van der Waals surface area (Å²) in [7, 11) is 0. The smallest absolute Gasteiger partial charge is 0.336 e. The number of rotatable bonds is 26. The number of nitrogens with zero attached hydrogens (tertiary/aromatic N) is 8. The van der Waals surface area contributed by atoms with Gasteiger partial charge >= 0.3 is 12.4 Å². The molecule has 0 saturated heterocycles. The van der Waals surface area contributed by atoms with E-state index in [9.17, 15) is 57.0 Å². The van der Waals surface area contributed by atoms with E-state index < -0.39 is 205 Å². The predicted molar refractivity (Wildman–Crippen MR) is 362 cm³/mol. The second kappa shape index (κ2) is 32.9. The summed E-state index contributed by atoms with van der Waals surface area (Å²) in [6.07, 6.45) is -14.2. The molecule has 0 N–H and O–H groups in total. The second-order valence-corrected chi connectivity index (χ2v) is 23.8. The molecule has 2 aromatic heterocycles. The maximum atomic E-state index is 14.7. The van der Waals surface area contributed by atoms with E-state index in [1.165, 1.54) is 82.3 Å². The summed E-state index contributed by atoms with van der Waals surface area (Å²) in [6, 6.07) is 14.2. The third kappa shape index (κ3) is 19.0. The van der Waals surface area contributed by atoms with Crippen LogP contribution in [0.3, 0.4) is 0 Å². The molecule has 0 saturated carbocycles. The van der Waals surface area contributed by atoms with Crippen molar-refractivity contribution >= 4 is 35.3 Å². The number of amides is 2. The molecule has 10 rings (SSSR count). The molecular formula is C74H80F8N8O4S2. The van der Waals surface area contributed by atoms with Crippen LogP contribution in [0.25, 0.3) is 22.3 Å². The molecule has 0 spiro atoms. The number of benzene rings is 6. The van der Waals surface area contributed by atoms with Crippen molar-refractivity contribution in [2.24, 2.45) is 5.89 Å². The van der Waals surface area contributed by atoms with E-state index in [4.69, 9.17) is 24.7 Å². The molecule has 6 aromatic carbocycles. The van der Waals surface area contributed by atoms with Gasteiger partial charge in [0.05, 0.1) is 26.2 Å². The minimum Gasteiger partial charge on any atom is -0.336 e. The monoisotopic (exact) mass is 1380 g/mol. The number of likely N-dealkylation sites (N-methyl/N-ethyl adjacent to an activating group) is 2. The van der Waals surface area contributed by atoms with Gasteiger partial charge in [-0.3, -0.25) is 19.2 Å². The fourth-order valence-corrected chi connectivity index (χ4v) is 12.0. The van der Waals surface area contributed by atoms with Gasteiger partial charge in [0, 0.05) is 85.4 Å². The Kier molecular flexibility index (Phi) is 17.0. The van der Waals surface area contributed by atoms with E-state index in [0.29, 0.717) is 62.6 Å². The molecule has 508 valence electrons. The van der Waals surface area contributed by atoms with Crippen LogP contribution in [-0.2, 0) is 85.2 Å². The molecular weight excluding hydrogens is 1280 g/mol. The molecule has 8 aromatic rings. The van der Waals surface area contributed by atoms with Crippen molar-refractivity contribution in [1.82, 2.24) is 38.7 Å². The summed E-state index contributed by atoms with van der Waals surface area (Å²) in [5.74, 6) is -5.59. The zero-order chi connectivity index (χ0) is 86.6. The highest BCUT2D eigenvalue weighted by atomic mass is 32.2. The van der Waals surface area contributed by atoms with Crippen LogP contribution in [-0.4, -0.2) is 103 Å². The molecule has 0 bridgehead atoms. The van der Waals surface area contributed by atoms with E-state index in [-0.39, 0.29) is 53.6 Å². The molecule has 0 radical (unpaired) electrons. The first-order valence-corrected chi connectivity index (χ1v) is 32.4. The Hall–Kier alpha value is -7.92. The molecule has 0 aliphatic heterocycles. The van der Waals surface area contributed by atoms with Gasteiger partial charge in [0.2, 0.25) is 11.8 Å². The average molecular weight is 1380 g/mol. The normalized spacial score (nSPS) is 19.0. The summed E-state index contributed by atoms with van der Waals surface area (Å²) >= 11 is 1.89. The first-order chi connectivity index (χ1) is 53.7. The molecule has 2 amide bonds. The number of fused-ring (bicyclic) bond motifs is 2. The van der Waals surface area contributed by atoms with E-state index in [1.54, 1.807) is 39.8 Å². The lowest BCUT2D eigenvalue weighted by atomic mass is 9.98. The molecule has 2 heterocycles. The highest BCUT2D eigenvalue weighted by molar-refractivity contribution is 7.98. The Labute approximate surface area is 591 Å². The number of carbonyl (C=O) groups excluding carboxylic acids is 2. The van der Waals surface area contributed by atoms with Gasteiger partial charge in [0.1, 0.15) is 24.7 Å². The van der Waals surface area contributed by atoms with Crippen LogP contribution in [0.4, 0.5) is 35.1 Å². The SMILES string of the molecule is [2H]C1([2H])c2c(n(CC(=O)N(Cc3ccc(-c4ccc(C(F)(F)F)cc4)cc3)C([2H])([2H])C([2H])([2H])N(CC)CC)c(SCc3ccc(F)cc3)nc2=O)C([2H])([2H])C1([2H])C.[2H]c1c([2H])c(-c2c([2H])c([2H])c(C(F)(F)F)c(C)c2[2H])c([2H])c([2H])c1CN(C(=O)Cn1c(SCc2ccc(F)cc2)nc(=O)c2c1CCC2)C([2H])([2H])C([2H])([2H])N(CC)CC. The summed E-state index contributed by atoms with van der Waals surface area (Å²) in [5.41, 5.74) is -5.24. The largest absolute Gasteiger partial charge is 0.416 e. The maximum absolute atomic E-state index is 14.7. The van der Waals surface area contributed by atoms with Crippen LogP contribution in [0, 0.1) is 24.5 Å². The average Bonchev–Trinajstić information content (AvgIpc) is 1.52. The maximum Gasteiger partial charge on any atom is 0.416 e. The van der Waals surface area contributed by atoms with Crippen LogP contribution in [0.1, 0.15) is 130 Å². The molecule has 1 atom stereocenters. The van der Waals surface area contributed by atoms with Gasteiger partial charge in [0.25, 0.3) is 11.1 Å². The molecule has 96 heavy (non-hydrogen) atoms. The number of halogens is 8. The van der Waals surface area contributed by atoms with Crippen LogP contribution in [0.5, 0.6) is 0 Å². The van der Waals surface area contributed by atoms with Gasteiger partial charge in [-0.2, -0.15) is 36.3 Å². The van der Waals surface area contributed by atoms with Crippen molar-refractivity contribution in [3.63, 3.8) is 0 Å². The highest BCUT2D eigenvalue weighted by Crippen LogP contribution is 2.36. The van der Waals surface area contributed by atoms with Crippen molar-refractivity contribution < 1.29 is 72.1 Å². The third-order valence-electron chi connectivity index (χ3n) is 15.3.